The van der Waals surface area contributed by atoms with Crippen molar-refractivity contribution in [2.45, 2.75) is 6.92 Å². The Balaban J connectivity index is 3.30. The highest BCUT2D eigenvalue weighted by Gasteiger charge is 2.10. The van der Waals surface area contributed by atoms with Crippen molar-refractivity contribution in [3.8, 4) is 18.2 Å². The maximum Gasteiger partial charge on any atom is 0.163 e. The number of rotatable bonds is 2. The first-order valence-electron chi connectivity index (χ1n) is 4.70. The van der Waals surface area contributed by atoms with Crippen LogP contribution in [-0.2, 0) is 0 Å². The molecule has 0 aliphatic heterocycles. The lowest BCUT2D eigenvalue weighted by molar-refractivity contribution is 0.627. The predicted octanol–water partition coefficient (Wildman–Crippen LogP) is 2.98. The predicted molar refractivity (Wildman–Crippen MR) is 71.3 cm³/mol. The van der Waals surface area contributed by atoms with E-state index in [2.05, 4.69) is 5.32 Å². The first kappa shape index (κ1) is 14.0. The van der Waals surface area contributed by atoms with Gasteiger partial charge in [0.05, 0.1) is 5.69 Å². The molecule has 0 radical (unpaired) electrons. The summed E-state index contributed by atoms with van der Waals surface area (Å²) in [5, 5.41) is 28.9. The standard InChI is InChI=1S/C12H6FIN4/c1-7-2-9(13)3-10(12(7)14)18-11(6-17)8(4-15)5-16/h2-3,18H,1H3. The van der Waals surface area contributed by atoms with E-state index in [1.807, 2.05) is 22.6 Å². The summed E-state index contributed by atoms with van der Waals surface area (Å²) in [6.07, 6.45) is 0. The Bertz CT molecular complexity index is 628. The molecule has 18 heavy (non-hydrogen) atoms. The number of nitrogens with zero attached hydrogens (tertiary/aromatic N) is 3. The second-order valence-corrected chi connectivity index (χ2v) is 4.37. The summed E-state index contributed by atoms with van der Waals surface area (Å²) in [5.74, 6) is -0.455. The Morgan fingerprint density at radius 3 is 2.33 bits per heavy atom. The minimum Gasteiger partial charge on any atom is -0.344 e. The van der Waals surface area contributed by atoms with Crippen LogP contribution in [0.1, 0.15) is 5.56 Å². The van der Waals surface area contributed by atoms with E-state index >= 15 is 0 Å². The van der Waals surface area contributed by atoms with Gasteiger partial charge in [0.15, 0.2) is 5.57 Å². The summed E-state index contributed by atoms with van der Waals surface area (Å²) < 4.78 is 14.0. The van der Waals surface area contributed by atoms with Crippen molar-refractivity contribution in [1.29, 1.82) is 15.8 Å². The number of benzene rings is 1. The Labute approximate surface area is 117 Å². The quantitative estimate of drug-likeness (QED) is 0.655. The van der Waals surface area contributed by atoms with Crippen LogP contribution in [0.4, 0.5) is 10.1 Å². The average Bonchev–Trinajstić information content (AvgIpc) is 2.35. The van der Waals surface area contributed by atoms with Crippen molar-refractivity contribution < 1.29 is 4.39 Å². The van der Waals surface area contributed by atoms with Crippen molar-refractivity contribution in [2.75, 3.05) is 5.32 Å². The molecule has 0 aliphatic rings. The summed E-state index contributed by atoms with van der Waals surface area (Å²) in [5.41, 5.74) is 0.525. The molecule has 0 bridgehead atoms. The molecule has 88 valence electrons. The fourth-order valence-corrected chi connectivity index (χ4v) is 1.68. The van der Waals surface area contributed by atoms with Gasteiger partial charge in [0.2, 0.25) is 0 Å². The van der Waals surface area contributed by atoms with E-state index in [1.54, 1.807) is 25.1 Å². The van der Waals surface area contributed by atoms with E-state index in [4.69, 9.17) is 15.8 Å². The van der Waals surface area contributed by atoms with Gasteiger partial charge in [-0.3, -0.25) is 0 Å². The summed E-state index contributed by atoms with van der Waals surface area (Å²) in [6, 6.07) is 7.50. The normalized spacial score (nSPS) is 8.67. The van der Waals surface area contributed by atoms with Gasteiger partial charge < -0.3 is 5.32 Å². The highest BCUT2D eigenvalue weighted by Crippen LogP contribution is 2.25. The third-order valence-electron chi connectivity index (χ3n) is 2.06. The third-order valence-corrected chi connectivity index (χ3v) is 3.50. The second kappa shape index (κ2) is 6.00. The molecule has 1 aromatic rings. The van der Waals surface area contributed by atoms with Gasteiger partial charge in [-0.2, -0.15) is 15.8 Å². The maximum absolute atomic E-state index is 13.3. The highest BCUT2D eigenvalue weighted by atomic mass is 127. The monoisotopic (exact) mass is 352 g/mol. The fraction of sp³-hybridized carbons (Fsp3) is 0.0833. The number of nitrogens with one attached hydrogen (secondary N) is 1. The second-order valence-electron chi connectivity index (χ2n) is 3.29. The molecule has 1 N–H and O–H groups in total. The first-order chi connectivity index (χ1) is 8.53. The smallest absolute Gasteiger partial charge is 0.163 e. The third kappa shape index (κ3) is 2.97. The molecule has 1 aromatic carbocycles. The van der Waals surface area contributed by atoms with E-state index in [0.29, 0.717) is 11.3 Å². The molecule has 0 aliphatic carbocycles. The molecule has 6 heteroatoms. The van der Waals surface area contributed by atoms with Crippen LogP contribution in [0.5, 0.6) is 0 Å². The number of aryl methyl sites for hydroxylation is 1. The van der Waals surface area contributed by atoms with Gasteiger partial charge in [-0.25, -0.2) is 4.39 Å². The molecule has 0 saturated heterocycles. The zero-order chi connectivity index (χ0) is 13.7. The fourth-order valence-electron chi connectivity index (χ4n) is 1.23. The molecule has 0 saturated carbocycles. The Hall–Kier alpha value is -2.11. The van der Waals surface area contributed by atoms with Gasteiger partial charge in [0.1, 0.15) is 29.7 Å². The lowest BCUT2D eigenvalue weighted by atomic mass is 10.2. The number of halogens is 2. The van der Waals surface area contributed by atoms with Crippen LogP contribution < -0.4 is 5.32 Å². The van der Waals surface area contributed by atoms with E-state index in [0.717, 1.165) is 3.57 Å². The number of hydrogen-bond acceptors (Lipinski definition) is 4. The van der Waals surface area contributed by atoms with Crippen LogP contribution in [0.2, 0.25) is 0 Å². The number of allylic oxidation sites excluding steroid dienone is 2. The zero-order valence-corrected chi connectivity index (χ0v) is 11.4. The number of anilines is 1. The maximum atomic E-state index is 13.3. The zero-order valence-electron chi connectivity index (χ0n) is 9.25. The van der Waals surface area contributed by atoms with Gasteiger partial charge >= 0.3 is 0 Å². The minimum atomic E-state index is -0.455. The largest absolute Gasteiger partial charge is 0.344 e. The van der Waals surface area contributed by atoms with E-state index in [9.17, 15) is 4.39 Å². The Kier molecular flexibility index (Phi) is 4.65. The summed E-state index contributed by atoms with van der Waals surface area (Å²) in [4.78, 5) is 0. The molecule has 0 aromatic heterocycles. The summed E-state index contributed by atoms with van der Waals surface area (Å²) in [6.45, 7) is 1.72. The highest BCUT2D eigenvalue weighted by molar-refractivity contribution is 14.1. The SMILES string of the molecule is Cc1cc(F)cc(NC(C#N)=C(C#N)C#N)c1I. The van der Waals surface area contributed by atoms with Crippen molar-refractivity contribution in [3.63, 3.8) is 0 Å². The Morgan fingerprint density at radius 1 is 1.22 bits per heavy atom. The topological polar surface area (TPSA) is 83.4 Å². The molecule has 0 amide bonds. The van der Waals surface area contributed by atoms with Crippen LogP contribution in [0.3, 0.4) is 0 Å². The van der Waals surface area contributed by atoms with Crippen molar-refractivity contribution >= 4 is 28.3 Å². The van der Waals surface area contributed by atoms with Crippen molar-refractivity contribution in [2.24, 2.45) is 0 Å². The van der Waals surface area contributed by atoms with Gasteiger partial charge in [0.25, 0.3) is 0 Å². The number of hydrogen-bond donors (Lipinski definition) is 1. The molecule has 0 atom stereocenters. The van der Waals surface area contributed by atoms with Gasteiger partial charge in [-0.15, -0.1) is 0 Å². The van der Waals surface area contributed by atoms with Crippen LogP contribution in [0.15, 0.2) is 23.4 Å². The van der Waals surface area contributed by atoms with Crippen LogP contribution in [0.25, 0.3) is 0 Å². The minimum absolute atomic E-state index is 0.192. The molecular formula is C12H6FIN4. The van der Waals surface area contributed by atoms with Gasteiger partial charge in [-0.1, -0.05) is 0 Å². The van der Waals surface area contributed by atoms with Gasteiger partial charge in [0, 0.05) is 3.57 Å². The van der Waals surface area contributed by atoms with Crippen molar-refractivity contribution in [3.05, 3.63) is 38.4 Å². The van der Waals surface area contributed by atoms with E-state index in [1.165, 1.54) is 12.1 Å². The first-order valence-corrected chi connectivity index (χ1v) is 5.78. The molecule has 4 nitrogen and oxygen atoms in total. The molecule has 0 heterocycles. The lowest BCUT2D eigenvalue weighted by Crippen LogP contribution is -2.03. The molecular weight excluding hydrogens is 346 g/mol. The molecule has 0 fully saturated rings. The van der Waals surface area contributed by atoms with E-state index < -0.39 is 5.82 Å². The average molecular weight is 352 g/mol. The summed E-state index contributed by atoms with van der Waals surface area (Å²) >= 11 is 1.99. The Morgan fingerprint density at radius 2 is 1.83 bits per heavy atom. The summed E-state index contributed by atoms with van der Waals surface area (Å²) in [7, 11) is 0. The van der Waals surface area contributed by atoms with Crippen LogP contribution >= 0.6 is 22.6 Å². The lowest BCUT2D eigenvalue weighted by Gasteiger charge is -2.09. The van der Waals surface area contributed by atoms with E-state index in [-0.39, 0.29) is 11.3 Å². The molecule has 0 unspecified atom stereocenters. The van der Waals surface area contributed by atoms with Crippen LogP contribution in [-0.4, -0.2) is 0 Å². The van der Waals surface area contributed by atoms with Crippen LogP contribution in [0, 0.1) is 50.3 Å². The number of nitriles is 3. The van der Waals surface area contributed by atoms with Crippen molar-refractivity contribution in [1.82, 2.24) is 0 Å². The van der Waals surface area contributed by atoms with Gasteiger partial charge in [-0.05, 0) is 47.2 Å². The molecule has 1 rings (SSSR count). The molecule has 0 spiro atoms.